The van der Waals surface area contributed by atoms with E-state index in [1.165, 1.54) is 0 Å². The molecule has 1 aliphatic rings. The predicted octanol–water partition coefficient (Wildman–Crippen LogP) is 1.82. The van der Waals surface area contributed by atoms with Crippen LogP contribution in [-0.2, 0) is 20.8 Å². The summed E-state index contributed by atoms with van der Waals surface area (Å²) in [5.74, 6) is -2.91. The minimum absolute atomic E-state index is 0.0193. The Labute approximate surface area is 138 Å². The minimum atomic E-state index is -5.16. The number of sulfone groups is 1. The van der Waals surface area contributed by atoms with E-state index in [0.29, 0.717) is 17.0 Å². The molecular formula is C13H11F4NO6S. The maximum atomic E-state index is 13.1. The highest BCUT2D eigenvalue weighted by molar-refractivity contribution is 7.92. The first-order chi connectivity index (χ1) is 11.4. The number of benzene rings is 1. The first-order valence-electron chi connectivity index (χ1n) is 6.68. The van der Waals surface area contributed by atoms with Gasteiger partial charge in [-0.3, -0.25) is 4.90 Å². The third-order valence-electron chi connectivity index (χ3n) is 3.79. The molecule has 2 rings (SSSR count). The Morgan fingerprint density at radius 1 is 1.20 bits per heavy atom. The Morgan fingerprint density at radius 2 is 1.80 bits per heavy atom. The number of nitrogens with zero attached hydrogens (tertiary/aromatic N) is 1. The molecule has 2 atom stereocenters. The van der Waals surface area contributed by atoms with Gasteiger partial charge in [0.25, 0.3) is 0 Å². The van der Waals surface area contributed by atoms with Crippen molar-refractivity contribution >= 4 is 21.9 Å². The van der Waals surface area contributed by atoms with Gasteiger partial charge in [-0.2, -0.15) is 13.2 Å². The van der Waals surface area contributed by atoms with Crippen LogP contribution in [0.25, 0.3) is 0 Å². The summed E-state index contributed by atoms with van der Waals surface area (Å²) in [5, 5.41) is 16.2. The molecule has 1 fully saturated rings. The quantitative estimate of drug-likeness (QED) is 0.606. The van der Waals surface area contributed by atoms with Gasteiger partial charge in [0.05, 0.1) is 15.7 Å². The number of hydrogen-bond acceptors (Lipinski definition) is 4. The monoisotopic (exact) mass is 385 g/mol. The number of carboxylic acid groups (broad SMARTS) is 2. The van der Waals surface area contributed by atoms with Crippen LogP contribution in [0.2, 0.25) is 0 Å². The molecule has 25 heavy (non-hydrogen) atoms. The van der Waals surface area contributed by atoms with Crippen LogP contribution in [0.15, 0.2) is 23.1 Å². The van der Waals surface area contributed by atoms with Crippen molar-refractivity contribution in [3.8, 4) is 0 Å². The number of halogens is 4. The topological polar surface area (TPSA) is 112 Å². The molecule has 138 valence electrons. The van der Waals surface area contributed by atoms with E-state index in [1.807, 2.05) is 0 Å². The zero-order chi connectivity index (χ0) is 19.2. The number of likely N-dealkylation sites (tertiary alicyclic amines) is 1. The SMILES string of the molecule is O=C(O)[C@@H]1C[C@@H](S(=O)(=O)c2ccc(F)cc2C(F)(F)F)CN1C(=O)O. The zero-order valence-electron chi connectivity index (χ0n) is 12.2. The van der Waals surface area contributed by atoms with Gasteiger partial charge in [-0.25, -0.2) is 22.4 Å². The van der Waals surface area contributed by atoms with E-state index in [2.05, 4.69) is 0 Å². The Bertz CT molecular complexity index is 800. The van der Waals surface area contributed by atoms with Gasteiger partial charge in [-0.15, -0.1) is 0 Å². The fourth-order valence-corrected chi connectivity index (χ4v) is 4.51. The molecule has 1 aliphatic heterocycles. The van der Waals surface area contributed by atoms with E-state index in [0.717, 1.165) is 0 Å². The van der Waals surface area contributed by atoms with Gasteiger partial charge in [0.2, 0.25) is 0 Å². The summed E-state index contributed by atoms with van der Waals surface area (Å²) in [4.78, 5) is 21.2. The molecule has 0 unspecified atom stereocenters. The summed E-state index contributed by atoms with van der Waals surface area (Å²) in [7, 11) is -4.76. The average Bonchev–Trinajstić information content (AvgIpc) is 2.92. The summed E-state index contributed by atoms with van der Waals surface area (Å²) in [6, 6.07) is -0.717. The van der Waals surface area contributed by atoms with Gasteiger partial charge in [0.1, 0.15) is 11.9 Å². The van der Waals surface area contributed by atoms with Crippen LogP contribution in [0, 0.1) is 5.82 Å². The van der Waals surface area contributed by atoms with Crippen LogP contribution in [0.3, 0.4) is 0 Å². The van der Waals surface area contributed by atoms with Gasteiger partial charge >= 0.3 is 18.2 Å². The molecule has 2 N–H and O–H groups in total. The van der Waals surface area contributed by atoms with Crippen LogP contribution in [0.1, 0.15) is 12.0 Å². The molecule has 1 amide bonds. The van der Waals surface area contributed by atoms with E-state index in [1.54, 1.807) is 0 Å². The number of aliphatic carboxylic acids is 1. The molecule has 0 spiro atoms. The molecule has 0 saturated carbocycles. The van der Waals surface area contributed by atoms with E-state index in [9.17, 15) is 35.6 Å². The lowest BCUT2D eigenvalue weighted by molar-refractivity contribution is -0.142. The summed E-state index contributed by atoms with van der Waals surface area (Å²) < 4.78 is 77.2. The summed E-state index contributed by atoms with van der Waals surface area (Å²) >= 11 is 0. The second-order valence-electron chi connectivity index (χ2n) is 5.33. The Balaban J connectivity index is 2.51. The second-order valence-corrected chi connectivity index (χ2v) is 7.53. The van der Waals surface area contributed by atoms with Gasteiger partial charge in [0.15, 0.2) is 9.84 Å². The maximum Gasteiger partial charge on any atom is 0.417 e. The highest BCUT2D eigenvalue weighted by Gasteiger charge is 2.48. The third-order valence-corrected chi connectivity index (χ3v) is 5.97. The van der Waals surface area contributed by atoms with Gasteiger partial charge in [0, 0.05) is 6.54 Å². The van der Waals surface area contributed by atoms with E-state index >= 15 is 0 Å². The lowest BCUT2D eigenvalue weighted by atomic mass is 10.2. The molecule has 0 aromatic heterocycles. The van der Waals surface area contributed by atoms with Crippen molar-refractivity contribution in [2.75, 3.05) is 6.54 Å². The lowest BCUT2D eigenvalue weighted by Crippen LogP contribution is -2.39. The summed E-state index contributed by atoms with van der Waals surface area (Å²) in [6.45, 7) is -0.802. The maximum absolute atomic E-state index is 13.1. The van der Waals surface area contributed by atoms with Crippen LogP contribution in [0.4, 0.5) is 22.4 Å². The lowest BCUT2D eigenvalue weighted by Gasteiger charge is -2.17. The van der Waals surface area contributed by atoms with Crippen LogP contribution < -0.4 is 0 Å². The number of amides is 1. The Morgan fingerprint density at radius 3 is 2.24 bits per heavy atom. The molecule has 1 aromatic carbocycles. The molecule has 1 heterocycles. The molecular weight excluding hydrogens is 374 g/mol. The average molecular weight is 385 g/mol. The zero-order valence-corrected chi connectivity index (χ0v) is 13.0. The van der Waals surface area contributed by atoms with Crippen molar-refractivity contribution in [1.82, 2.24) is 4.90 Å². The molecule has 0 radical (unpaired) electrons. The van der Waals surface area contributed by atoms with Gasteiger partial charge in [-0.1, -0.05) is 0 Å². The molecule has 0 aliphatic carbocycles. The fraction of sp³-hybridized carbons (Fsp3) is 0.385. The van der Waals surface area contributed by atoms with Crippen molar-refractivity contribution < 1.29 is 45.8 Å². The van der Waals surface area contributed by atoms with Crippen molar-refractivity contribution in [2.45, 2.75) is 28.8 Å². The molecule has 1 saturated heterocycles. The highest BCUT2D eigenvalue weighted by Crippen LogP contribution is 2.38. The van der Waals surface area contributed by atoms with E-state index in [4.69, 9.17) is 10.2 Å². The van der Waals surface area contributed by atoms with Gasteiger partial charge in [-0.05, 0) is 24.6 Å². The smallest absolute Gasteiger partial charge is 0.417 e. The van der Waals surface area contributed by atoms with Crippen molar-refractivity contribution in [3.63, 3.8) is 0 Å². The minimum Gasteiger partial charge on any atom is -0.480 e. The van der Waals surface area contributed by atoms with Crippen molar-refractivity contribution in [2.24, 2.45) is 0 Å². The third kappa shape index (κ3) is 3.52. The van der Waals surface area contributed by atoms with Gasteiger partial charge < -0.3 is 10.2 Å². The first-order valence-corrected chi connectivity index (χ1v) is 8.23. The highest BCUT2D eigenvalue weighted by atomic mass is 32.2. The predicted molar refractivity (Wildman–Crippen MR) is 73.1 cm³/mol. The number of alkyl halides is 3. The number of hydrogen-bond donors (Lipinski definition) is 2. The summed E-state index contributed by atoms with van der Waals surface area (Å²) in [5.41, 5.74) is -1.73. The standard InChI is InChI=1S/C13H11F4NO6S/c14-6-1-2-10(8(3-6)13(15,16)17)25(23,24)7-4-9(11(19)20)18(5-7)12(21)22/h1-3,7,9H,4-5H2,(H,19,20)(H,21,22)/t7-,9+/m1/s1. The van der Waals surface area contributed by atoms with E-state index < -0.39 is 68.6 Å². The number of carbonyl (C=O) groups is 2. The van der Waals surface area contributed by atoms with Crippen molar-refractivity contribution in [1.29, 1.82) is 0 Å². The number of carboxylic acids is 1. The molecule has 7 nitrogen and oxygen atoms in total. The first kappa shape index (κ1) is 19.0. The second kappa shape index (κ2) is 6.17. The van der Waals surface area contributed by atoms with Crippen LogP contribution in [0.5, 0.6) is 0 Å². The normalized spacial score (nSPS) is 21.4. The molecule has 1 aromatic rings. The van der Waals surface area contributed by atoms with E-state index in [-0.39, 0.29) is 6.07 Å². The Hall–Kier alpha value is -2.37. The fourth-order valence-electron chi connectivity index (χ4n) is 2.62. The van der Waals surface area contributed by atoms with Crippen LogP contribution in [-0.4, -0.2) is 53.4 Å². The Kier molecular flexibility index (Phi) is 4.68. The largest absolute Gasteiger partial charge is 0.480 e. The summed E-state index contributed by atoms with van der Waals surface area (Å²) in [6.07, 6.45) is -7.58. The van der Waals surface area contributed by atoms with Crippen molar-refractivity contribution in [3.05, 3.63) is 29.6 Å². The molecule has 12 heteroatoms. The molecule has 0 bridgehead atoms. The number of rotatable bonds is 3. The van der Waals surface area contributed by atoms with Crippen LogP contribution >= 0.6 is 0 Å².